The van der Waals surface area contributed by atoms with Crippen molar-refractivity contribution < 1.29 is 0 Å². The Labute approximate surface area is 113 Å². The third-order valence-corrected chi connectivity index (χ3v) is 3.52. The van der Waals surface area contributed by atoms with E-state index in [9.17, 15) is 0 Å². The van der Waals surface area contributed by atoms with Gasteiger partial charge in [0.05, 0.1) is 0 Å². The molecule has 0 saturated heterocycles. The van der Waals surface area contributed by atoms with Gasteiger partial charge in [0.2, 0.25) is 5.95 Å². The van der Waals surface area contributed by atoms with Crippen LogP contribution >= 0.6 is 15.9 Å². The van der Waals surface area contributed by atoms with Gasteiger partial charge in [-0.15, -0.1) is 0 Å². The van der Waals surface area contributed by atoms with Gasteiger partial charge < -0.3 is 10.3 Å². The van der Waals surface area contributed by atoms with Crippen LogP contribution in [0.3, 0.4) is 0 Å². The summed E-state index contributed by atoms with van der Waals surface area (Å²) in [4.78, 5) is 7.43. The van der Waals surface area contributed by atoms with Gasteiger partial charge >= 0.3 is 0 Å². The molecule has 1 heterocycles. The Kier molecular flexibility index (Phi) is 2.80. The summed E-state index contributed by atoms with van der Waals surface area (Å²) in [6, 6.07) is 12.3. The van der Waals surface area contributed by atoms with Gasteiger partial charge in [-0.1, -0.05) is 40.2 Å². The third-order valence-electron chi connectivity index (χ3n) is 2.83. The van der Waals surface area contributed by atoms with Crippen LogP contribution in [0.5, 0.6) is 0 Å². The number of benzene rings is 2. The van der Waals surface area contributed by atoms with Crippen LogP contribution < -0.4 is 5.32 Å². The number of rotatable bonds is 2. The van der Waals surface area contributed by atoms with Gasteiger partial charge in [0, 0.05) is 27.4 Å². The van der Waals surface area contributed by atoms with Crippen molar-refractivity contribution in [2.24, 2.45) is 0 Å². The first-order valence-electron chi connectivity index (χ1n) is 5.70. The number of hydrogen-bond acceptors (Lipinski definition) is 2. The SMILES string of the molecule is Cc1cnc(Nc2ccc(Br)c3ccccc23)[nH]1. The first-order chi connectivity index (χ1) is 8.74. The quantitative estimate of drug-likeness (QED) is 0.737. The summed E-state index contributed by atoms with van der Waals surface area (Å²) in [5.74, 6) is 0.764. The summed E-state index contributed by atoms with van der Waals surface area (Å²) in [6.45, 7) is 1.98. The number of imidazole rings is 1. The molecule has 0 bridgehead atoms. The van der Waals surface area contributed by atoms with Gasteiger partial charge in [-0.05, 0) is 24.4 Å². The van der Waals surface area contributed by atoms with Crippen molar-refractivity contribution in [1.29, 1.82) is 0 Å². The molecular weight excluding hydrogens is 290 g/mol. The summed E-state index contributed by atoms with van der Waals surface area (Å²) in [6.07, 6.45) is 1.81. The maximum atomic E-state index is 4.26. The second-order valence-corrected chi connectivity index (χ2v) is 5.03. The molecular formula is C14H12BrN3. The molecule has 0 aliphatic carbocycles. The van der Waals surface area contributed by atoms with Crippen LogP contribution in [0, 0.1) is 6.92 Å². The van der Waals surface area contributed by atoms with Crippen molar-refractivity contribution in [3.63, 3.8) is 0 Å². The van der Waals surface area contributed by atoms with Gasteiger partial charge in [0.1, 0.15) is 0 Å². The molecule has 0 atom stereocenters. The largest absolute Gasteiger partial charge is 0.328 e. The average molecular weight is 302 g/mol. The van der Waals surface area contributed by atoms with E-state index in [4.69, 9.17) is 0 Å². The van der Waals surface area contributed by atoms with Gasteiger partial charge in [-0.2, -0.15) is 0 Å². The zero-order chi connectivity index (χ0) is 12.5. The molecule has 0 aliphatic rings. The molecule has 2 N–H and O–H groups in total. The fourth-order valence-corrected chi connectivity index (χ4v) is 2.45. The Morgan fingerprint density at radius 1 is 1.11 bits per heavy atom. The molecule has 0 aliphatic heterocycles. The highest BCUT2D eigenvalue weighted by Gasteiger charge is 2.05. The Morgan fingerprint density at radius 2 is 1.89 bits per heavy atom. The van der Waals surface area contributed by atoms with E-state index in [0.29, 0.717) is 0 Å². The number of anilines is 2. The number of halogens is 1. The van der Waals surface area contributed by atoms with Crippen LogP contribution in [0.25, 0.3) is 10.8 Å². The highest BCUT2D eigenvalue weighted by Crippen LogP contribution is 2.31. The van der Waals surface area contributed by atoms with Crippen LogP contribution in [0.15, 0.2) is 47.1 Å². The first kappa shape index (κ1) is 11.3. The highest BCUT2D eigenvalue weighted by molar-refractivity contribution is 9.10. The molecule has 3 rings (SSSR count). The molecule has 0 saturated carbocycles. The summed E-state index contributed by atoms with van der Waals surface area (Å²) < 4.78 is 1.10. The van der Waals surface area contributed by atoms with Crippen molar-refractivity contribution >= 4 is 38.3 Å². The first-order valence-corrected chi connectivity index (χ1v) is 6.49. The lowest BCUT2D eigenvalue weighted by Gasteiger charge is -2.08. The Balaban J connectivity index is 2.09. The molecule has 18 heavy (non-hydrogen) atoms. The van der Waals surface area contributed by atoms with E-state index in [1.165, 1.54) is 10.8 Å². The number of aryl methyl sites for hydroxylation is 1. The fraction of sp³-hybridized carbons (Fsp3) is 0.0714. The van der Waals surface area contributed by atoms with E-state index >= 15 is 0 Å². The lowest BCUT2D eigenvalue weighted by Crippen LogP contribution is -1.93. The van der Waals surface area contributed by atoms with Gasteiger partial charge in [0.15, 0.2) is 0 Å². The van der Waals surface area contributed by atoms with E-state index in [2.05, 4.69) is 43.3 Å². The number of aromatic nitrogens is 2. The van der Waals surface area contributed by atoms with Gasteiger partial charge in [-0.3, -0.25) is 0 Å². The molecule has 0 unspecified atom stereocenters. The van der Waals surface area contributed by atoms with Crippen LogP contribution in [-0.4, -0.2) is 9.97 Å². The highest BCUT2D eigenvalue weighted by atomic mass is 79.9. The van der Waals surface area contributed by atoms with E-state index in [1.54, 1.807) is 0 Å². The van der Waals surface area contributed by atoms with E-state index in [-0.39, 0.29) is 0 Å². The molecule has 0 amide bonds. The summed E-state index contributed by atoms with van der Waals surface area (Å²) >= 11 is 3.57. The minimum absolute atomic E-state index is 0.764. The predicted octanol–water partition coefficient (Wildman–Crippen LogP) is 4.38. The minimum atomic E-state index is 0.764. The Bertz CT molecular complexity index is 703. The number of fused-ring (bicyclic) bond motifs is 1. The topological polar surface area (TPSA) is 40.7 Å². The number of nitrogens with one attached hydrogen (secondary N) is 2. The average Bonchev–Trinajstić information content (AvgIpc) is 2.79. The maximum Gasteiger partial charge on any atom is 0.204 e. The molecule has 3 aromatic rings. The number of hydrogen-bond donors (Lipinski definition) is 2. The van der Waals surface area contributed by atoms with Crippen LogP contribution in [0.1, 0.15) is 5.69 Å². The van der Waals surface area contributed by atoms with Crippen molar-refractivity contribution in [3.05, 3.63) is 52.8 Å². The van der Waals surface area contributed by atoms with E-state index in [0.717, 1.165) is 21.8 Å². The van der Waals surface area contributed by atoms with Crippen molar-refractivity contribution in [3.8, 4) is 0 Å². The molecule has 90 valence electrons. The predicted molar refractivity (Wildman–Crippen MR) is 78.3 cm³/mol. The van der Waals surface area contributed by atoms with Crippen LogP contribution in [0.4, 0.5) is 11.6 Å². The standard InChI is InChI=1S/C14H12BrN3/c1-9-8-16-14(17-9)18-13-7-6-12(15)10-4-2-3-5-11(10)13/h2-8H,1H3,(H2,16,17,18). The van der Waals surface area contributed by atoms with Crippen molar-refractivity contribution in [2.45, 2.75) is 6.92 Å². The normalized spacial score (nSPS) is 10.8. The molecule has 0 spiro atoms. The fourth-order valence-electron chi connectivity index (χ4n) is 1.98. The smallest absolute Gasteiger partial charge is 0.204 e. The third kappa shape index (κ3) is 1.99. The van der Waals surface area contributed by atoms with E-state index in [1.807, 2.05) is 37.4 Å². The van der Waals surface area contributed by atoms with Crippen molar-refractivity contribution in [1.82, 2.24) is 9.97 Å². The molecule has 0 radical (unpaired) electrons. The number of H-pyrrole nitrogens is 1. The zero-order valence-electron chi connectivity index (χ0n) is 9.87. The summed E-state index contributed by atoms with van der Waals surface area (Å²) in [5, 5.41) is 5.66. The zero-order valence-corrected chi connectivity index (χ0v) is 11.5. The molecule has 3 nitrogen and oxygen atoms in total. The minimum Gasteiger partial charge on any atom is -0.328 e. The number of nitrogens with zero attached hydrogens (tertiary/aromatic N) is 1. The second kappa shape index (κ2) is 4.46. The molecule has 4 heteroatoms. The van der Waals surface area contributed by atoms with Crippen LogP contribution in [0.2, 0.25) is 0 Å². The van der Waals surface area contributed by atoms with Gasteiger partial charge in [-0.25, -0.2) is 4.98 Å². The Hall–Kier alpha value is -1.81. The van der Waals surface area contributed by atoms with Gasteiger partial charge in [0.25, 0.3) is 0 Å². The lowest BCUT2D eigenvalue weighted by atomic mass is 10.1. The summed E-state index contributed by atoms with van der Waals surface area (Å²) in [5.41, 5.74) is 2.09. The number of aromatic amines is 1. The van der Waals surface area contributed by atoms with Crippen molar-refractivity contribution in [2.75, 3.05) is 5.32 Å². The Morgan fingerprint density at radius 3 is 2.61 bits per heavy atom. The second-order valence-electron chi connectivity index (χ2n) is 4.18. The van der Waals surface area contributed by atoms with E-state index < -0.39 is 0 Å². The molecule has 1 aromatic heterocycles. The maximum absolute atomic E-state index is 4.26. The summed E-state index contributed by atoms with van der Waals surface area (Å²) in [7, 11) is 0. The molecule has 2 aromatic carbocycles. The monoisotopic (exact) mass is 301 g/mol. The molecule has 0 fully saturated rings. The lowest BCUT2D eigenvalue weighted by molar-refractivity contribution is 1.25. The van der Waals surface area contributed by atoms with Crippen LogP contribution in [-0.2, 0) is 0 Å².